The topological polar surface area (TPSA) is 35.9 Å². The number of imidazole rings is 1. The molecule has 0 saturated heterocycles. The van der Waals surface area contributed by atoms with E-state index >= 15 is 0 Å². The number of fused-ring (bicyclic) bond motifs is 4. The van der Waals surface area contributed by atoms with Gasteiger partial charge in [-0.15, -0.1) is 29.7 Å². The first-order chi connectivity index (χ1) is 45.5. The van der Waals surface area contributed by atoms with E-state index in [-0.39, 0.29) is 76.6 Å². The van der Waals surface area contributed by atoms with E-state index in [0.717, 1.165) is 100.0 Å². The molecule has 12 rings (SSSR count). The number of para-hydroxylation sites is 1. The molecule has 3 heterocycles. The molecule has 5 nitrogen and oxygen atoms in total. The molecule has 0 N–H and O–H groups in total. The average molecular weight is 1420 g/mol. The van der Waals surface area contributed by atoms with Crippen LogP contribution in [0.2, 0.25) is 0 Å². The summed E-state index contributed by atoms with van der Waals surface area (Å²) in [6.07, 6.45) is 5.91. The van der Waals surface area contributed by atoms with Crippen LogP contribution in [0, 0.1) is 18.5 Å². The van der Waals surface area contributed by atoms with Gasteiger partial charge in [0.15, 0.2) is 0 Å². The maximum atomic E-state index is 9.61. The zero-order valence-corrected chi connectivity index (χ0v) is 61.3. The van der Waals surface area contributed by atoms with E-state index in [1.165, 1.54) is 16.7 Å². The molecule has 0 amide bonds. The van der Waals surface area contributed by atoms with Crippen molar-refractivity contribution in [1.29, 1.82) is 0 Å². The van der Waals surface area contributed by atoms with Crippen LogP contribution in [0.5, 0.6) is 11.5 Å². The molecule has 12 aromatic rings. The van der Waals surface area contributed by atoms with E-state index < -0.39 is 18.1 Å². The normalized spacial score (nSPS) is 13.6. The van der Waals surface area contributed by atoms with E-state index in [4.69, 9.17) is 13.8 Å². The van der Waals surface area contributed by atoms with Crippen LogP contribution in [0.15, 0.2) is 188 Å². The third-order valence-corrected chi connectivity index (χ3v) is 18.3. The molecule has 0 bridgehead atoms. The second-order valence-electron chi connectivity index (χ2n) is 32.9. The summed E-state index contributed by atoms with van der Waals surface area (Å²) in [5.74, 6) is 1.80. The SMILES string of the molecule is [2H]c1c([2H])c([2H])c(-c2cc(-c3cc(C(C)(C)C)cc(C(C)(C)C)c3)c(-[n+]3[c-]n(-c4[c-]c(Oc5[c-]c6c(cc5)c5ccccc5n6-c5cc(C(C)(C)C)ccn5)ccc4)c4cc(-c5cc(C(C)(C)C)cc(C(C)(C)C)c5)ccc43)c(-c3cc(C(C)(C)C)cc(C(C)(C)C)c3)c2)c([2H])c1[2H].[Pt]. The van der Waals surface area contributed by atoms with E-state index in [2.05, 4.69) is 293 Å². The Labute approximate surface area is 582 Å². The Kier molecular flexibility index (Phi) is 15.7. The maximum absolute atomic E-state index is 9.61. The molecule has 0 atom stereocenters. The summed E-state index contributed by atoms with van der Waals surface area (Å²) in [5, 5.41) is 2.12. The van der Waals surface area contributed by atoms with Gasteiger partial charge in [-0.2, -0.15) is 18.2 Å². The van der Waals surface area contributed by atoms with Gasteiger partial charge < -0.3 is 13.9 Å². The van der Waals surface area contributed by atoms with Gasteiger partial charge in [-0.1, -0.05) is 266 Å². The number of hydrogen-bond donors (Lipinski definition) is 0. The van der Waals surface area contributed by atoms with Crippen molar-refractivity contribution in [1.82, 2.24) is 14.1 Å². The number of aromatic nitrogens is 4. The minimum absolute atomic E-state index is 0. The number of nitrogens with zero attached hydrogens (tertiary/aromatic N) is 4. The summed E-state index contributed by atoms with van der Waals surface area (Å²) < 4.78 is 59.6. The Bertz CT molecular complexity index is 4950. The van der Waals surface area contributed by atoms with E-state index in [1.807, 2.05) is 42.6 Å². The van der Waals surface area contributed by atoms with Crippen LogP contribution >= 0.6 is 0 Å². The van der Waals surface area contributed by atoms with Gasteiger partial charge in [-0.25, -0.2) is 4.98 Å². The molecule has 0 radical (unpaired) electrons. The van der Waals surface area contributed by atoms with Gasteiger partial charge in [0.05, 0.1) is 23.6 Å². The fourth-order valence-electron chi connectivity index (χ4n) is 12.4. The fourth-order valence-corrected chi connectivity index (χ4v) is 12.4. The molecule has 0 spiro atoms. The molecule has 9 aromatic carbocycles. The number of hydrogen-bond acceptors (Lipinski definition) is 2. The second kappa shape index (κ2) is 24.3. The molecule has 0 unspecified atom stereocenters. The van der Waals surface area contributed by atoms with Crippen molar-refractivity contribution in [3.05, 3.63) is 245 Å². The van der Waals surface area contributed by atoms with Crippen molar-refractivity contribution in [2.45, 2.75) is 183 Å². The first-order valence-electron chi connectivity index (χ1n) is 35.4. The van der Waals surface area contributed by atoms with Gasteiger partial charge in [0, 0.05) is 44.3 Å². The van der Waals surface area contributed by atoms with Gasteiger partial charge >= 0.3 is 0 Å². The molecular formula is C88H94N4OPt-2. The molecule has 3 aromatic heterocycles. The minimum Gasteiger partial charge on any atom is -0.510 e. The van der Waals surface area contributed by atoms with E-state index in [0.29, 0.717) is 22.7 Å². The monoisotopic (exact) mass is 1420 g/mol. The predicted molar refractivity (Wildman–Crippen MR) is 393 cm³/mol. The summed E-state index contributed by atoms with van der Waals surface area (Å²) in [7, 11) is 0. The smallest absolute Gasteiger partial charge is 0.268 e. The maximum Gasteiger partial charge on any atom is 0.268 e. The van der Waals surface area contributed by atoms with E-state index in [9.17, 15) is 2.74 Å². The molecule has 0 fully saturated rings. The van der Waals surface area contributed by atoms with Crippen LogP contribution in [0.3, 0.4) is 0 Å². The van der Waals surface area contributed by atoms with Gasteiger partial charge in [0.2, 0.25) is 0 Å². The number of ether oxygens (including phenoxy) is 1. The van der Waals surface area contributed by atoms with Crippen molar-refractivity contribution in [2.24, 2.45) is 0 Å². The number of benzene rings is 9. The second-order valence-corrected chi connectivity index (χ2v) is 32.9. The molecule has 0 aliphatic heterocycles. The van der Waals surface area contributed by atoms with Gasteiger partial charge in [0.25, 0.3) is 6.33 Å². The summed E-state index contributed by atoms with van der Waals surface area (Å²) in [6.45, 7) is 47.2. The first kappa shape index (κ1) is 60.8. The molecule has 0 aliphatic rings. The molecule has 484 valence electrons. The van der Waals surface area contributed by atoms with Crippen molar-refractivity contribution < 1.29 is 37.2 Å². The first-order valence-corrected chi connectivity index (χ1v) is 32.9. The molecule has 0 aliphatic carbocycles. The minimum atomic E-state index is -0.442. The van der Waals surface area contributed by atoms with Crippen LogP contribution in [0.4, 0.5) is 0 Å². The summed E-state index contributed by atoms with van der Waals surface area (Å²) in [4.78, 5) is 4.94. The van der Waals surface area contributed by atoms with Crippen LogP contribution < -0.4 is 9.30 Å². The summed E-state index contributed by atoms with van der Waals surface area (Å²) >= 11 is 0. The molecule has 6 heteroatoms. The van der Waals surface area contributed by atoms with Gasteiger partial charge in [-0.3, -0.25) is 4.57 Å². The number of pyridine rings is 1. The van der Waals surface area contributed by atoms with Crippen molar-refractivity contribution in [3.63, 3.8) is 0 Å². The zero-order valence-electron chi connectivity index (χ0n) is 64.0. The summed E-state index contributed by atoms with van der Waals surface area (Å²) in [5.41, 5.74) is 17.9. The third kappa shape index (κ3) is 13.5. The average Bonchev–Trinajstić information content (AvgIpc) is 1.71. The van der Waals surface area contributed by atoms with Crippen molar-refractivity contribution in [3.8, 4) is 73.2 Å². The molecule has 0 saturated carbocycles. The Morgan fingerprint density at radius 3 is 1.41 bits per heavy atom. The standard InChI is InChI=1S/C88H94N4O.Pt/c1-82(2,3)62-38-39-89-80(52-62)92-76-33-26-25-32-72(76)73-36-35-71(54-78(73)92)93-70-31-27-30-69(53-70)90-55-91(77-37-34-57(48-79(77)90)58-40-63(83(4,5)6)49-64(41-58)84(7,8)9)81-74(60-42-65(85(10,11)12)50-66(43-60)86(13,14)15)46-59(56-28-23-22-24-29-56)47-75(81)61-44-67(87(16,17)18)51-68(45-61)88(19,20)21;/h22-52H,1-21H3;/q-2;/i22D,23D,24D,28D,29D;. The van der Waals surface area contributed by atoms with Gasteiger partial charge in [0.1, 0.15) is 5.82 Å². The molecular weight excluding hydrogens is 1320 g/mol. The quantitative estimate of drug-likeness (QED) is 0.107. The largest absolute Gasteiger partial charge is 0.510 e. The Morgan fingerprint density at radius 1 is 0.404 bits per heavy atom. The number of rotatable bonds is 9. The predicted octanol–water partition coefficient (Wildman–Crippen LogP) is 23.3. The fraction of sp³-hybridized carbons (Fsp3) is 0.318. The zero-order chi connectivity index (χ0) is 71.1. The Balaban J connectivity index is 0.00000990. The van der Waals surface area contributed by atoms with E-state index in [1.54, 1.807) is 0 Å². The van der Waals surface area contributed by atoms with Gasteiger partial charge in [-0.05, 0) is 169 Å². The van der Waals surface area contributed by atoms with Crippen molar-refractivity contribution >= 4 is 32.8 Å². The molecule has 94 heavy (non-hydrogen) atoms. The van der Waals surface area contributed by atoms with Crippen LogP contribution in [-0.4, -0.2) is 14.1 Å². The van der Waals surface area contributed by atoms with Crippen LogP contribution in [-0.2, 0) is 59.0 Å². The van der Waals surface area contributed by atoms with Crippen LogP contribution in [0.25, 0.3) is 94.5 Å². The van der Waals surface area contributed by atoms with Crippen LogP contribution in [0.1, 0.15) is 191 Å². The summed E-state index contributed by atoms with van der Waals surface area (Å²) in [6, 6.07) is 60.0. The van der Waals surface area contributed by atoms with Crippen molar-refractivity contribution in [2.75, 3.05) is 0 Å². The Morgan fingerprint density at radius 2 is 0.894 bits per heavy atom. The third-order valence-electron chi connectivity index (χ3n) is 18.3. The Hall–Kier alpha value is -8.11.